The molecule has 0 saturated carbocycles. The number of rotatable bonds is 0. The van der Waals surface area contributed by atoms with Gasteiger partial charge in [-0.25, -0.2) is 0 Å². The van der Waals surface area contributed by atoms with Crippen LogP contribution >= 0.6 is 0 Å². The summed E-state index contributed by atoms with van der Waals surface area (Å²) >= 11 is 0. The van der Waals surface area contributed by atoms with Crippen molar-refractivity contribution < 1.29 is 36.1 Å². The van der Waals surface area contributed by atoms with Crippen LogP contribution in [0.1, 0.15) is 22.3 Å². The predicted octanol–water partition coefficient (Wildman–Crippen LogP) is 7.14. The quantitative estimate of drug-likeness (QED) is 0.173. The Kier molecular flexibility index (Phi) is 15.3. The summed E-state index contributed by atoms with van der Waals surface area (Å²) in [6.45, 7) is 11.4. The second-order valence-electron chi connectivity index (χ2n) is 6.64. The van der Waals surface area contributed by atoms with E-state index in [-0.39, 0.29) is 25.8 Å². The molecule has 0 bridgehead atoms. The minimum atomic E-state index is 0. The molecule has 4 rings (SSSR count). The molecule has 0 aliphatic heterocycles. The van der Waals surface area contributed by atoms with Gasteiger partial charge in [0.15, 0.2) is 0 Å². The van der Waals surface area contributed by atoms with Crippen LogP contribution in [0.5, 0.6) is 11.5 Å². The van der Waals surface area contributed by atoms with Gasteiger partial charge in [-0.15, -0.1) is 24.3 Å². The second kappa shape index (κ2) is 16.8. The summed E-state index contributed by atoms with van der Waals surface area (Å²) in [6, 6.07) is 33.9. The molecule has 31 heavy (non-hydrogen) atoms. The summed E-state index contributed by atoms with van der Waals surface area (Å²) in [5.74, 6) is 0.659. The van der Waals surface area contributed by atoms with Gasteiger partial charge in [-0.05, 0) is 38.1 Å². The molecule has 0 saturated heterocycles. The fraction of sp³-hybridized carbons (Fsp3) is 0.0714. The van der Waals surface area contributed by atoms with Gasteiger partial charge >= 0.3 is 0 Å². The minimum absolute atomic E-state index is 0. The van der Waals surface area contributed by atoms with Crippen LogP contribution in [0.3, 0.4) is 0 Å². The topological polar surface area (TPSA) is 40.5 Å². The first-order valence-corrected chi connectivity index (χ1v) is 9.62. The van der Waals surface area contributed by atoms with E-state index in [0.29, 0.717) is 11.5 Å². The van der Waals surface area contributed by atoms with E-state index in [0.717, 1.165) is 11.1 Å². The van der Waals surface area contributed by atoms with Crippen molar-refractivity contribution in [3.63, 3.8) is 0 Å². The van der Waals surface area contributed by atoms with Crippen LogP contribution in [0.15, 0.2) is 109 Å². The number of hydrogen-bond acceptors (Lipinski definition) is 2. The molecule has 0 spiro atoms. The maximum Gasteiger partial charge on any atom is 0.115 e. The first-order valence-electron chi connectivity index (χ1n) is 9.62. The Morgan fingerprint density at radius 3 is 0.871 bits per heavy atom. The molecule has 0 atom stereocenters. The summed E-state index contributed by atoms with van der Waals surface area (Å²) in [5, 5.41) is 17.5. The average Bonchev–Trinajstić information content (AvgIpc) is 2.75. The van der Waals surface area contributed by atoms with E-state index in [1.165, 1.54) is 11.1 Å². The Labute approximate surface area is 206 Å². The fourth-order valence-electron chi connectivity index (χ4n) is 2.05. The third kappa shape index (κ3) is 15.6. The molecular formula is C28H30HfO2-2. The van der Waals surface area contributed by atoms with E-state index in [4.69, 9.17) is 10.2 Å². The first-order chi connectivity index (χ1) is 14.4. The molecule has 4 aromatic rings. The van der Waals surface area contributed by atoms with Gasteiger partial charge in [-0.2, -0.15) is 49.2 Å². The maximum absolute atomic E-state index is 8.76. The van der Waals surface area contributed by atoms with Crippen LogP contribution in [0.25, 0.3) is 0 Å². The summed E-state index contributed by atoms with van der Waals surface area (Å²) in [5.41, 5.74) is 4.48. The van der Waals surface area contributed by atoms with Gasteiger partial charge in [0.1, 0.15) is 11.5 Å². The monoisotopic (exact) mass is 578 g/mol. The van der Waals surface area contributed by atoms with E-state index in [1.54, 1.807) is 24.3 Å². The molecule has 2 N–H and O–H groups in total. The Morgan fingerprint density at radius 1 is 0.452 bits per heavy atom. The SMILES string of the molecule is Cc1ccc(O)cc1.Cc1ccc(O)cc1.[CH2-]c1ccccc1.[CH2-]c1ccccc1.[Hf]. The average molecular weight is 577 g/mol. The van der Waals surface area contributed by atoms with E-state index >= 15 is 0 Å². The van der Waals surface area contributed by atoms with Gasteiger partial charge in [-0.3, -0.25) is 0 Å². The van der Waals surface area contributed by atoms with E-state index in [1.807, 2.05) is 98.8 Å². The maximum atomic E-state index is 8.76. The molecule has 4 aromatic carbocycles. The van der Waals surface area contributed by atoms with Crippen molar-refractivity contribution in [1.82, 2.24) is 0 Å². The number of aromatic hydroxyl groups is 2. The van der Waals surface area contributed by atoms with E-state index in [9.17, 15) is 0 Å². The van der Waals surface area contributed by atoms with Crippen LogP contribution in [0.4, 0.5) is 0 Å². The third-order valence-corrected chi connectivity index (χ3v) is 3.75. The zero-order chi connectivity index (χ0) is 22.2. The second-order valence-corrected chi connectivity index (χ2v) is 6.64. The number of aryl methyl sites for hydroxylation is 2. The molecule has 0 heterocycles. The summed E-state index contributed by atoms with van der Waals surface area (Å²) < 4.78 is 0. The van der Waals surface area contributed by atoms with Gasteiger partial charge < -0.3 is 10.2 Å². The van der Waals surface area contributed by atoms with Crippen LogP contribution in [-0.4, -0.2) is 10.2 Å². The minimum Gasteiger partial charge on any atom is -0.508 e. The number of benzene rings is 4. The van der Waals surface area contributed by atoms with Crippen LogP contribution in [0, 0.1) is 27.7 Å². The van der Waals surface area contributed by atoms with Crippen LogP contribution in [0.2, 0.25) is 0 Å². The fourth-order valence-corrected chi connectivity index (χ4v) is 2.05. The molecule has 3 heteroatoms. The van der Waals surface area contributed by atoms with E-state index in [2.05, 4.69) is 13.8 Å². The number of phenolic OH excluding ortho intramolecular Hbond substituents is 2. The molecule has 0 amide bonds. The zero-order valence-corrected chi connectivity index (χ0v) is 21.8. The third-order valence-electron chi connectivity index (χ3n) is 3.75. The van der Waals surface area contributed by atoms with Gasteiger partial charge in [0.2, 0.25) is 0 Å². The summed E-state index contributed by atoms with van der Waals surface area (Å²) in [6.07, 6.45) is 0. The van der Waals surface area contributed by atoms with Crippen molar-refractivity contribution in [1.29, 1.82) is 0 Å². The molecule has 0 aliphatic carbocycles. The summed E-state index contributed by atoms with van der Waals surface area (Å²) in [7, 11) is 0. The standard InChI is InChI=1S/2C7H8O.2C7H7.Hf/c2*1-6-2-4-7(8)5-3-6;2*1-7-5-3-2-4-6-7;/h2*2-5,8H,1H3;2*2-6H,1H2;/q;;2*-1;. The van der Waals surface area contributed by atoms with E-state index < -0.39 is 0 Å². The van der Waals surface area contributed by atoms with Crippen LogP contribution < -0.4 is 0 Å². The molecular weight excluding hydrogens is 547 g/mol. The van der Waals surface area contributed by atoms with Gasteiger partial charge in [0, 0.05) is 25.8 Å². The van der Waals surface area contributed by atoms with Crippen LogP contribution in [-0.2, 0) is 25.8 Å². The van der Waals surface area contributed by atoms with Crippen molar-refractivity contribution >= 4 is 0 Å². The Balaban J connectivity index is 0.000000384. The molecule has 0 fully saturated rings. The largest absolute Gasteiger partial charge is 0.508 e. The smallest absolute Gasteiger partial charge is 0.115 e. The van der Waals surface area contributed by atoms with Gasteiger partial charge in [0.25, 0.3) is 0 Å². The molecule has 0 unspecified atom stereocenters. The molecule has 0 aromatic heterocycles. The van der Waals surface area contributed by atoms with Gasteiger partial charge in [0.05, 0.1) is 0 Å². The Hall–Kier alpha value is -2.91. The van der Waals surface area contributed by atoms with Crippen molar-refractivity contribution in [2.45, 2.75) is 13.8 Å². The van der Waals surface area contributed by atoms with Gasteiger partial charge in [-0.1, -0.05) is 47.5 Å². The Morgan fingerprint density at radius 2 is 0.710 bits per heavy atom. The van der Waals surface area contributed by atoms with Crippen molar-refractivity contribution in [2.24, 2.45) is 0 Å². The molecule has 2 nitrogen and oxygen atoms in total. The Bertz CT molecular complexity index is 797. The normalized spacial score (nSPS) is 8.58. The first kappa shape index (κ1) is 28.1. The molecule has 160 valence electrons. The zero-order valence-electron chi connectivity index (χ0n) is 18.2. The van der Waals surface area contributed by atoms with Crippen molar-refractivity contribution in [2.75, 3.05) is 0 Å². The number of phenols is 2. The summed E-state index contributed by atoms with van der Waals surface area (Å²) in [4.78, 5) is 0. The van der Waals surface area contributed by atoms with Crippen molar-refractivity contribution in [3.05, 3.63) is 145 Å². The number of hydrogen-bond donors (Lipinski definition) is 2. The molecule has 0 radical (unpaired) electrons. The predicted molar refractivity (Wildman–Crippen MR) is 127 cm³/mol. The molecule has 0 aliphatic rings. The van der Waals surface area contributed by atoms with Crippen molar-refractivity contribution in [3.8, 4) is 11.5 Å².